The highest BCUT2D eigenvalue weighted by molar-refractivity contribution is 5.66. The highest BCUT2D eigenvalue weighted by Crippen LogP contribution is 2.33. The van der Waals surface area contributed by atoms with Crippen LogP contribution in [0.5, 0.6) is 0 Å². The SMILES string of the molecule is CC(C)(C)C1CC(F)CN1C(=O)O. The van der Waals surface area contributed by atoms with Gasteiger partial charge in [0.1, 0.15) is 6.17 Å². The molecule has 1 fully saturated rings. The summed E-state index contributed by atoms with van der Waals surface area (Å²) in [6.45, 7) is 5.83. The van der Waals surface area contributed by atoms with E-state index in [1.807, 2.05) is 20.8 Å². The smallest absolute Gasteiger partial charge is 0.407 e. The highest BCUT2D eigenvalue weighted by atomic mass is 19.1. The van der Waals surface area contributed by atoms with Crippen molar-refractivity contribution in [1.29, 1.82) is 0 Å². The maximum absolute atomic E-state index is 13.0. The molecule has 1 rings (SSSR count). The van der Waals surface area contributed by atoms with Crippen LogP contribution in [0, 0.1) is 5.41 Å². The average Bonchev–Trinajstić information content (AvgIpc) is 2.29. The predicted octanol–water partition coefficient (Wildman–Crippen LogP) is 2.12. The summed E-state index contributed by atoms with van der Waals surface area (Å²) in [6.07, 6.45) is -1.68. The van der Waals surface area contributed by atoms with Crippen LogP contribution in [0.3, 0.4) is 0 Å². The number of halogens is 1. The first-order valence-corrected chi connectivity index (χ1v) is 4.46. The topological polar surface area (TPSA) is 40.5 Å². The third-order valence-electron chi connectivity index (χ3n) is 2.50. The summed E-state index contributed by atoms with van der Waals surface area (Å²) in [4.78, 5) is 12.0. The van der Waals surface area contributed by atoms with Crippen LogP contribution in [0.1, 0.15) is 27.2 Å². The molecule has 0 radical (unpaired) electrons. The Morgan fingerprint density at radius 2 is 2.08 bits per heavy atom. The van der Waals surface area contributed by atoms with E-state index in [4.69, 9.17) is 5.11 Å². The van der Waals surface area contributed by atoms with E-state index in [0.717, 1.165) is 0 Å². The zero-order valence-corrected chi connectivity index (χ0v) is 8.25. The van der Waals surface area contributed by atoms with Gasteiger partial charge in [0.15, 0.2) is 0 Å². The maximum Gasteiger partial charge on any atom is 0.407 e. The molecule has 13 heavy (non-hydrogen) atoms. The van der Waals surface area contributed by atoms with Gasteiger partial charge in [0.2, 0.25) is 0 Å². The van der Waals surface area contributed by atoms with Crippen LogP contribution in [-0.2, 0) is 0 Å². The Hall–Kier alpha value is -0.800. The molecular weight excluding hydrogens is 173 g/mol. The molecule has 0 bridgehead atoms. The predicted molar refractivity (Wildman–Crippen MR) is 47.5 cm³/mol. The third kappa shape index (κ3) is 2.11. The lowest BCUT2D eigenvalue weighted by atomic mass is 9.85. The van der Waals surface area contributed by atoms with Crippen LogP contribution in [0.15, 0.2) is 0 Å². The molecule has 1 N–H and O–H groups in total. The maximum atomic E-state index is 13.0. The number of alkyl halides is 1. The Morgan fingerprint density at radius 3 is 2.38 bits per heavy atom. The number of carbonyl (C=O) groups is 1. The lowest BCUT2D eigenvalue weighted by Gasteiger charge is -2.32. The molecule has 2 atom stereocenters. The molecule has 0 aromatic carbocycles. The Labute approximate surface area is 77.5 Å². The van der Waals surface area contributed by atoms with Crippen molar-refractivity contribution in [3.63, 3.8) is 0 Å². The molecule has 1 aliphatic rings. The fourth-order valence-electron chi connectivity index (χ4n) is 1.82. The van der Waals surface area contributed by atoms with Crippen molar-refractivity contribution < 1.29 is 14.3 Å². The Balaban J connectivity index is 2.78. The van der Waals surface area contributed by atoms with Crippen LogP contribution >= 0.6 is 0 Å². The number of carboxylic acid groups (broad SMARTS) is 1. The molecule has 0 saturated carbocycles. The molecule has 1 saturated heterocycles. The summed E-state index contributed by atoms with van der Waals surface area (Å²) in [6, 6.07) is -0.194. The number of amides is 1. The van der Waals surface area contributed by atoms with Gasteiger partial charge in [0.25, 0.3) is 0 Å². The van der Waals surface area contributed by atoms with Crippen molar-refractivity contribution in [2.75, 3.05) is 6.54 Å². The minimum Gasteiger partial charge on any atom is -0.465 e. The van der Waals surface area contributed by atoms with E-state index in [-0.39, 0.29) is 18.0 Å². The van der Waals surface area contributed by atoms with Gasteiger partial charge in [-0.05, 0) is 5.41 Å². The van der Waals surface area contributed by atoms with E-state index in [1.165, 1.54) is 4.90 Å². The Kier molecular flexibility index (Phi) is 2.50. The number of hydrogen-bond acceptors (Lipinski definition) is 1. The molecule has 3 nitrogen and oxygen atoms in total. The molecule has 1 heterocycles. The second-order valence-electron chi connectivity index (χ2n) is 4.65. The normalized spacial score (nSPS) is 29.4. The molecule has 0 aromatic rings. The summed E-state index contributed by atoms with van der Waals surface area (Å²) in [7, 11) is 0. The first kappa shape index (κ1) is 10.3. The average molecular weight is 189 g/mol. The van der Waals surface area contributed by atoms with Crippen LogP contribution in [-0.4, -0.2) is 34.9 Å². The molecular formula is C9H16FNO2. The van der Waals surface area contributed by atoms with Gasteiger partial charge in [-0.3, -0.25) is 0 Å². The van der Waals surface area contributed by atoms with Crippen LogP contribution in [0.25, 0.3) is 0 Å². The monoisotopic (exact) mass is 189 g/mol. The molecule has 76 valence electrons. The lowest BCUT2D eigenvalue weighted by Crippen LogP contribution is -2.42. The van der Waals surface area contributed by atoms with Crippen molar-refractivity contribution in [3.05, 3.63) is 0 Å². The Bertz CT molecular complexity index is 212. The van der Waals surface area contributed by atoms with E-state index in [9.17, 15) is 9.18 Å². The number of nitrogens with zero attached hydrogens (tertiary/aromatic N) is 1. The summed E-state index contributed by atoms with van der Waals surface area (Å²) < 4.78 is 13.0. The number of likely N-dealkylation sites (tertiary alicyclic amines) is 1. The second kappa shape index (κ2) is 3.16. The zero-order chi connectivity index (χ0) is 10.2. The second-order valence-corrected chi connectivity index (χ2v) is 4.65. The van der Waals surface area contributed by atoms with Crippen molar-refractivity contribution in [1.82, 2.24) is 4.90 Å². The van der Waals surface area contributed by atoms with Gasteiger partial charge in [0, 0.05) is 12.5 Å². The van der Waals surface area contributed by atoms with Crippen molar-refractivity contribution in [2.45, 2.75) is 39.4 Å². The third-order valence-corrected chi connectivity index (χ3v) is 2.50. The van der Waals surface area contributed by atoms with Gasteiger partial charge in [0.05, 0.1) is 6.54 Å². The first-order chi connectivity index (χ1) is 5.82. The quantitative estimate of drug-likeness (QED) is 0.634. The van der Waals surface area contributed by atoms with Crippen molar-refractivity contribution in [3.8, 4) is 0 Å². The zero-order valence-electron chi connectivity index (χ0n) is 8.25. The molecule has 0 spiro atoms. The molecule has 2 unspecified atom stereocenters. The van der Waals surface area contributed by atoms with Crippen LogP contribution < -0.4 is 0 Å². The Morgan fingerprint density at radius 1 is 1.54 bits per heavy atom. The molecule has 1 aliphatic heterocycles. The van der Waals surface area contributed by atoms with Crippen LogP contribution in [0.2, 0.25) is 0 Å². The first-order valence-electron chi connectivity index (χ1n) is 4.46. The van der Waals surface area contributed by atoms with Gasteiger partial charge < -0.3 is 10.0 Å². The standard InChI is InChI=1S/C9H16FNO2/c1-9(2,3)7-4-6(10)5-11(7)8(12)13/h6-7H,4-5H2,1-3H3,(H,12,13). The largest absolute Gasteiger partial charge is 0.465 e. The summed E-state index contributed by atoms with van der Waals surface area (Å²) in [5.41, 5.74) is -0.181. The molecule has 4 heteroatoms. The minimum absolute atomic E-state index is 0.0251. The van der Waals surface area contributed by atoms with Crippen LogP contribution in [0.4, 0.5) is 9.18 Å². The molecule has 0 aliphatic carbocycles. The van der Waals surface area contributed by atoms with Gasteiger partial charge in [-0.2, -0.15) is 0 Å². The minimum atomic E-state index is -1.01. The fraction of sp³-hybridized carbons (Fsp3) is 0.889. The van der Waals surface area contributed by atoms with Gasteiger partial charge in [-0.15, -0.1) is 0 Å². The summed E-state index contributed by atoms with van der Waals surface area (Å²) in [5.74, 6) is 0. The van der Waals surface area contributed by atoms with E-state index in [2.05, 4.69) is 0 Å². The van der Waals surface area contributed by atoms with Gasteiger partial charge in [-0.1, -0.05) is 20.8 Å². The molecule has 1 amide bonds. The van der Waals surface area contributed by atoms with Gasteiger partial charge >= 0.3 is 6.09 Å². The van der Waals surface area contributed by atoms with Crippen molar-refractivity contribution >= 4 is 6.09 Å². The lowest BCUT2D eigenvalue weighted by molar-refractivity contribution is 0.106. The van der Waals surface area contributed by atoms with E-state index >= 15 is 0 Å². The number of hydrogen-bond donors (Lipinski definition) is 1. The van der Waals surface area contributed by atoms with Gasteiger partial charge in [-0.25, -0.2) is 9.18 Å². The fourth-order valence-corrected chi connectivity index (χ4v) is 1.82. The highest BCUT2D eigenvalue weighted by Gasteiger charge is 2.41. The molecule has 0 aromatic heterocycles. The number of rotatable bonds is 0. The van der Waals surface area contributed by atoms with Crippen molar-refractivity contribution in [2.24, 2.45) is 5.41 Å². The summed E-state index contributed by atoms with van der Waals surface area (Å²) in [5, 5.41) is 8.82. The van der Waals surface area contributed by atoms with E-state index in [1.54, 1.807) is 0 Å². The van der Waals surface area contributed by atoms with E-state index in [0.29, 0.717) is 6.42 Å². The summed E-state index contributed by atoms with van der Waals surface area (Å²) >= 11 is 0. The van der Waals surface area contributed by atoms with E-state index < -0.39 is 12.3 Å².